The van der Waals surface area contributed by atoms with Crippen molar-refractivity contribution in [3.63, 3.8) is 0 Å². The molecule has 5 nitrogen and oxygen atoms in total. The summed E-state index contributed by atoms with van der Waals surface area (Å²) in [6, 6.07) is 8.38. The zero-order chi connectivity index (χ0) is 15.5. The molecule has 114 valence electrons. The fraction of sp³-hybridized carbons (Fsp3) is 0.286. The molecule has 0 amide bonds. The third-order valence-corrected chi connectivity index (χ3v) is 5.68. The molecule has 0 aliphatic rings. The molecule has 1 heterocycles. The van der Waals surface area contributed by atoms with E-state index in [2.05, 4.69) is 0 Å². The van der Waals surface area contributed by atoms with Gasteiger partial charge in [0.25, 0.3) is 0 Å². The van der Waals surface area contributed by atoms with Crippen molar-refractivity contribution in [3.8, 4) is 11.5 Å². The molecule has 0 N–H and O–H groups in total. The average molecular weight is 327 g/mol. The van der Waals surface area contributed by atoms with Crippen molar-refractivity contribution in [1.29, 1.82) is 0 Å². The summed E-state index contributed by atoms with van der Waals surface area (Å²) >= 11 is 1.53. The maximum absolute atomic E-state index is 12.6. The molecule has 1 aromatic carbocycles. The van der Waals surface area contributed by atoms with Gasteiger partial charge in [0.1, 0.15) is 0 Å². The van der Waals surface area contributed by atoms with Crippen LogP contribution in [0.2, 0.25) is 0 Å². The molecule has 1 aromatic heterocycles. The molecule has 0 aliphatic carbocycles. The number of methoxy groups -OCH3 is 2. The predicted molar refractivity (Wildman–Crippen MR) is 82.5 cm³/mol. The van der Waals surface area contributed by atoms with Crippen LogP contribution in [0.25, 0.3) is 0 Å². The number of hydrogen-bond acceptors (Lipinski definition) is 5. The van der Waals surface area contributed by atoms with E-state index >= 15 is 0 Å². The van der Waals surface area contributed by atoms with Gasteiger partial charge in [-0.25, -0.2) is 8.42 Å². The van der Waals surface area contributed by atoms with Gasteiger partial charge in [-0.3, -0.25) is 0 Å². The normalized spacial score (nSPS) is 11.6. The van der Waals surface area contributed by atoms with E-state index in [0.29, 0.717) is 18.0 Å². The van der Waals surface area contributed by atoms with Crippen molar-refractivity contribution in [3.05, 3.63) is 40.6 Å². The van der Waals surface area contributed by atoms with Gasteiger partial charge in [-0.15, -0.1) is 11.3 Å². The van der Waals surface area contributed by atoms with Gasteiger partial charge in [0.2, 0.25) is 10.0 Å². The Hall–Kier alpha value is -1.57. The summed E-state index contributed by atoms with van der Waals surface area (Å²) < 4.78 is 36.7. The van der Waals surface area contributed by atoms with Crippen LogP contribution < -0.4 is 9.47 Å². The van der Waals surface area contributed by atoms with Crippen LogP contribution in [-0.4, -0.2) is 34.0 Å². The maximum atomic E-state index is 12.6. The van der Waals surface area contributed by atoms with E-state index in [9.17, 15) is 8.42 Å². The second kappa shape index (κ2) is 6.46. The average Bonchev–Trinajstić information content (AvgIpc) is 2.99. The monoisotopic (exact) mass is 327 g/mol. The molecule has 0 unspecified atom stereocenters. The summed E-state index contributed by atoms with van der Waals surface area (Å²) in [6.07, 6.45) is 0. The second-order valence-corrected chi connectivity index (χ2v) is 7.43. The summed E-state index contributed by atoms with van der Waals surface area (Å²) in [5.74, 6) is 0.889. The summed E-state index contributed by atoms with van der Waals surface area (Å²) in [6.45, 7) is 0.342. The first-order chi connectivity index (χ1) is 9.98. The number of thiophene rings is 1. The van der Waals surface area contributed by atoms with E-state index < -0.39 is 10.0 Å². The highest BCUT2D eigenvalue weighted by Gasteiger charge is 2.22. The Morgan fingerprint density at radius 3 is 2.43 bits per heavy atom. The first-order valence-electron chi connectivity index (χ1n) is 6.19. The number of benzene rings is 1. The standard InChI is InChI=1S/C14H17NO4S2/c1-15(10-11-5-4-8-20-11)21(16,17)12-6-7-13(18-2)14(9-12)19-3/h4-9H,10H2,1-3H3. The van der Waals surface area contributed by atoms with Crippen molar-refractivity contribution < 1.29 is 17.9 Å². The highest BCUT2D eigenvalue weighted by molar-refractivity contribution is 7.89. The van der Waals surface area contributed by atoms with Crippen molar-refractivity contribution >= 4 is 21.4 Å². The van der Waals surface area contributed by atoms with Gasteiger partial charge in [-0.1, -0.05) is 6.07 Å². The van der Waals surface area contributed by atoms with Crippen molar-refractivity contribution in [2.75, 3.05) is 21.3 Å². The Bertz CT molecular complexity index is 696. The molecule has 0 bridgehead atoms. The summed E-state index contributed by atoms with van der Waals surface area (Å²) in [4.78, 5) is 1.17. The zero-order valence-corrected chi connectivity index (χ0v) is 13.7. The maximum Gasteiger partial charge on any atom is 0.243 e. The van der Waals surface area contributed by atoms with E-state index in [0.717, 1.165) is 4.88 Å². The van der Waals surface area contributed by atoms with Gasteiger partial charge in [0, 0.05) is 24.5 Å². The number of sulfonamides is 1. The Labute approximate surface area is 128 Å². The van der Waals surface area contributed by atoms with Crippen LogP contribution in [0.15, 0.2) is 40.6 Å². The van der Waals surface area contributed by atoms with Crippen molar-refractivity contribution in [2.45, 2.75) is 11.4 Å². The zero-order valence-electron chi connectivity index (χ0n) is 12.1. The number of nitrogens with zero attached hydrogens (tertiary/aromatic N) is 1. The number of rotatable bonds is 6. The lowest BCUT2D eigenvalue weighted by Gasteiger charge is -2.17. The largest absolute Gasteiger partial charge is 0.493 e. The minimum absolute atomic E-state index is 0.180. The fourth-order valence-electron chi connectivity index (χ4n) is 1.86. The SMILES string of the molecule is COc1ccc(S(=O)(=O)N(C)Cc2cccs2)cc1OC. The topological polar surface area (TPSA) is 55.8 Å². The summed E-state index contributed by atoms with van der Waals surface area (Å²) in [7, 11) is 0.978. The highest BCUT2D eigenvalue weighted by atomic mass is 32.2. The van der Waals surface area contributed by atoms with Crippen LogP contribution in [-0.2, 0) is 16.6 Å². The minimum Gasteiger partial charge on any atom is -0.493 e. The molecule has 0 saturated heterocycles. The third kappa shape index (κ3) is 3.37. The Morgan fingerprint density at radius 2 is 1.86 bits per heavy atom. The van der Waals surface area contributed by atoms with Crippen LogP contribution in [0.4, 0.5) is 0 Å². The molecule has 2 rings (SSSR count). The lowest BCUT2D eigenvalue weighted by Crippen LogP contribution is -2.26. The predicted octanol–water partition coefficient (Wildman–Crippen LogP) is 2.59. The fourth-order valence-corrected chi connectivity index (χ4v) is 3.87. The summed E-state index contributed by atoms with van der Waals surface area (Å²) in [5.41, 5.74) is 0. The van der Waals surface area contributed by atoms with E-state index in [1.54, 1.807) is 13.1 Å². The van der Waals surface area contributed by atoms with Crippen molar-refractivity contribution in [1.82, 2.24) is 4.31 Å². The number of hydrogen-bond donors (Lipinski definition) is 0. The van der Waals surface area contributed by atoms with Crippen LogP contribution in [0.3, 0.4) is 0 Å². The summed E-state index contributed by atoms with van der Waals surface area (Å²) in [5, 5.41) is 1.92. The second-order valence-electron chi connectivity index (χ2n) is 4.36. The molecule has 0 fully saturated rings. The smallest absolute Gasteiger partial charge is 0.243 e. The third-order valence-electron chi connectivity index (χ3n) is 3.02. The molecular weight excluding hydrogens is 310 g/mol. The van der Waals surface area contributed by atoms with E-state index in [1.807, 2.05) is 17.5 Å². The van der Waals surface area contributed by atoms with Gasteiger partial charge >= 0.3 is 0 Å². The lowest BCUT2D eigenvalue weighted by atomic mass is 10.3. The van der Waals surface area contributed by atoms with Crippen LogP contribution in [0.1, 0.15) is 4.88 Å². The molecule has 0 spiro atoms. The van der Waals surface area contributed by atoms with Gasteiger partial charge < -0.3 is 9.47 Å². The van der Waals surface area contributed by atoms with E-state index in [-0.39, 0.29) is 4.90 Å². The van der Waals surface area contributed by atoms with Gasteiger partial charge in [-0.05, 0) is 23.6 Å². The van der Waals surface area contributed by atoms with Crippen LogP contribution in [0.5, 0.6) is 11.5 Å². The van der Waals surface area contributed by atoms with Gasteiger partial charge in [0.15, 0.2) is 11.5 Å². The molecule has 21 heavy (non-hydrogen) atoms. The first-order valence-corrected chi connectivity index (χ1v) is 8.51. The molecular formula is C14H17NO4S2. The first kappa shape index (κ1) is 15.8. The van der Waals surface area contributed by atoms with E-state index in [1.165, 1.54) is 42.0 Å². The van der Waals surface area contributed by atoms with Crippen molar-refractivity contribution in [2.24, 2.45) is 0 Å². The lowest BCUT2D eigenvalue weighted by molar-refractivity contribution is 0.353. The molecule has 2 aromatic rings. The van der Waals surface area contributed by atoms with Crippen LogP contribution >= 0.6 is 11.3 Å². The quantitative estimate of drug-likeness (QED) is 0.818. The van der Waals surface area contributed by atoms with Gasteiger partial charge in [-0.2, -0.15) is 4.31 Å². The number of ether oxygens (including phenoxy) is 2. The molecule has 0 saturated carbocycles. The molecule has 0 aliphatic heterocycles. The molecule has 0 radical (unpaired) electrons. The highest BCUT2D eigenvalue weighted by Crippen LogP contribution is 2.30. The minimum atomic E-state index is -3.57. The van der Waals surface area contributed by atoms with E-state index in [4.69, 9.17) is 9.47 Å². The Kier molecular flexibility index (Phi) is 4.87. The Morgan fingerprint density at radius 1 is 1.14 bits per heavy atom. The molecule has 7 heteroatoms. The Balaban J connectivity index is 2.30. The van der Waals surface area contributed by atoms with Gasteiger partial charge in [0.05, 0.1) is 19.1 Å². The van der Waals surface area contributed by atoms with Crippen LogP contribution in [0, 0.1) is 0 Å². The molecule has 0 atom stereocenters.